The first-order valence-electron chi connectivity index (χ1n) is 15.5. The quantitative estimate of drug-likeness (QED) is 0.331. The fraction of sp³-hybridized carbons (Fsp3) is 0.429. The number of fused-ring (bicyclic) bond motifs is 1. The van der Waals surface area contributed by atoms with Crippen LogP contribution in [0.2, 0.25) is 5.02 Å². The molecule has 2 fully saturated rings. The summed E-state index contributed by atoms with van der Waals surface area (Å²) in [5.41, 5.74) is 1.82. The Morgan fingerprint density at radius 2 is 1.57 bits per heavy atom. The molecule has 5 rings (SSSR count). The summed E-state index contributed by atoms with van der Waals surface area (Å²) in [7, 11) is 0. The van der Waals surface area contributed by atoms with E-state index in [9.17, 15) is 19.2 Å². The van der Waals surface area contributed by atoms with Gasteiger partial charge in [0.05, 0.1) is 0 Å². The van der Waals surface area contributed by atoms with Crippen molar-refractivity contribution in [3.63, 3.8) is 0 Å². The Morgan fingerprint density at radius 3 is 2.23 bits per heavy atom. The van der Waals surface area contributed by atoms with E-state index in [-0.39, 0.29) is 49.2 Å². The number of carbonyl (C=O) groups is 4. The Labute approximate surface area is 264 Å². The van der Waals surface area contributed by atoms with Gasteiger partial charge in [-0.1, -0.05) is 79.0 Å². The highest BCUT2D eigenvalue weighted by Crippen LogP contribution is 2.36. The molecule has 3 aromatic rings. The second kappa shape index (κ2) is 13.8. The zero-order valence-electron chi connectivity index (χ0n) is 25.6. The van der Waals surface area contributed by atoms with Gasteiger partial charge in [-0.15, -0.1) is 0 Å². The summed E-state index contributed by atoms with van der Waals surface area (Å²) in [4.78, 5) is 57.5. The normalized spacial score (nSPS) is 18.3. The molecule has 1 saturated carbocycles. The molecule has 0 radical (unpaired) electrons. The van der Waals surface area contributed by atoms with Crippen molar-refractivity contribution in [2.45, 2.75) is 77.0 Å². The first-order chi connectivity index (χ1) is 21.1. The minimum atomic E-state index is -0.827. The molecule has 232 valence electrons. The van der Waals surface area contributed by atoms with Crippen LogP contribution in [0.25, 0.3) is 10.8 Å². The molecule has 0 spiro atoms. The lowest BCUT2D eigenvalue weighted by Gasteiger charge is -2.44. The molecule has 3 atom stereocenters. The maximum atomic E-state index is 14.3. The standard InChI is InChI=1S/C35H41ClN4O4/c1-22(2)37-33(42)31(21-26-10-13-27-6-4-5-7-28(27)18-26)39-16-17-40(32(35(39)44)20-25-8-9-25)34(43)30(38-23(3)41)19-24-11-14-29(36)15-12-24/h4-7,10-15,18,22,25,30-32H,8-9,16-17,19-21H2,1-3H3,(H,37,42)(H,38,41)/t30?,31?,32-/m1/s1. The third kappa shape index (κ3) is 7.78. The third-order valence-corrected chi connectivity index (χ3v) is 8.70. The Morgan fingerprint density at radius 1 is 0.886 bits per heavy atom. The summed E-state index contributed by atoms with van der Waals surface area (Å²) >= 11 is 6.06. The summed E-state index contributed by atoms with van der Waals surface area (Å²) in [6, 6.07) is 19.0. The average molecular weight is 617 g/mol. The van der Waals surface area contributed by atoms with Gasteiger partial charge in [-0.2, -0.15) is 0 Å². The number of benzene rings is 3. The smallest absolute Gasteiger partial charge is 0.246 e. The van der Waals surface area contributed by atoms with Crippen molar-refractivity contribution < 1.29 is 19.2 Å². The molecule has 0 aromatic heterocycles. The lowest BCUT2D eigenvalue weighted by Crippen LogP contribution is -2.66. The molecule has 2 N–H and O–H groups in total. The largest absolute Gasteiger partial charge is 0.352 e. The number of amides is 4. The summed E-state index contributed by atoms with van der Waals surface area (Å²) in [5.74, 6) is -0.661. The Balaban J connectivity index is 1.41. The first-order valence-corrected chi connectivity index (χ1v) is 15.9. The highest BCUT2D eigenvalue weighted by atomic mass is 35.5. The van der Waals surface area contributed by atoms with E-state index in [0.717, 1.165) is 34.7 Å². The van der Waals surface area contributed by atoms with Gasteiger partial charge in [0, 0.05) is 43.9 Å². The number of nitrogens with zero attached hydrogens (tertiary/aromatic N) is 2. The number of carbonyl (C=O) groups excluding carboxylic acids is 4. The maximum Gasteiger partial charge on any atom is 0.246 e. The molecule has 8 nitrogen and oxygen atoms in total. The first kappa shape index (κ1) is 31.5. The Bertz CT molecular complexity index is 1520. The van der Waals surface area contributed by atoms with Gasteiger partial charge >= 0.3 is 0 Å². The maximum absolute atomic E-state index is 14.3. The molecular weight excluding hydrogens is 576 g/mol. The van der Waals surface area contributed by atoms with Crippen LogP contribution in [-0.4, -0.2) is 70.7 Å². The minimum Gasteiger partial charge on any atom is -0.352 e. The van der Waals surface area contributed by atoms with Crippen LogP contribution in [0.4, 0.5) is 0 Å². The van der Waals surface area contributed by atoms with E-state index < -0.39 is 18.1 Å². The van der Waals surface area contributed by atoms with E-state index in [1.807, 2.05) is 62.4 Å². The van der Waals surface area contributed by atoms with Gasteiger partial charge in [-0.25, -0.2) is 0 Å². The summed E-state index contributed by atoms with van der Waals surface area (Å²) in [6.07, 6.45) is 3.22. The van der Waals surface area contributed by atoms with Gasteiger partial charge in [0.2, 0.25) is 23.6 Å². The van der Waals surface area contributed by atoms with E-state index in [1.165, 1.54) is 6.92 Å². The second-order valence-electron chi connectivity index (χ2n) is 12.4. The molecule has 3 aromatic carbocycles. The number of halogens is 1. The molecule has 2 aliphatic rings. The van der Waals surface area contributed by atoms with E-state index in [4.69, 9.17) is 11.6 Å². The Hall–Kier alpha value is -3.91. The van der Waals surface area contributed by atoms with Crippen LogP contribution in [0.3, 0.4) is 0 Å². The minimum absolute atomic E-state index is 0.0897. The molecule has 1 heterocycles. The fourth-order valence-electron chi connectivity index (χ4n) is 6.09. The predicted octanol–water partition coefficient (Wildman–Crippen LogP) is 4.52. The van der Waals surface area contributed by atoms with Gasteiger partial charge in [0.15, 0.2) is 0 Å². The van der Waals surface area contributed by atoms with Crippen LogP contribution in [0.15, 0.2) is 66.7 Å². The van der Waals surface area contributed by atoms with Crippen LogP contribution in [0.1, 0.15) is 51.2 Å². The summed E-state index contributed by atoms with van der Waals surface area (Å²) in [5, 5.41) is 8.61. The number of piperazine rings is 1. The van der Waals surface area contributed by atoms with Gasteiger partial charge in [0.1, 0.15) is 18.1 Å². The number of hydrogen-bond donors (Lipinski definition) is 2. The van der Waals surface area contributed by atoms with E-state index in [2.05, 4.69) is 16.7 Å². The van der Waals surface area contributed by atoms with Crippen LogP contribution < -0.4 is 10.6 Å². The van der Waals surface area contributed by atoms with Crippen LogP contribution >= 0.6 is 11.6 Å². The van der Waals surface area contributed by atoms with E-state index in [1.54, 1.807) is 21.9 Å². The molecule has 1 aliphatic carbocycles. The van der Waals surface area contributed by atoms with Crippen LogP contribution in [-0.2, 0) is 32.0 Å². The highest BCUT2D eigenvalue weighted by molar-refractivity contribution is 6.30. The zero-order valence-corrected chi connectivity index (χ0v) is 26.3. The lowest BCUT2D eigenvalue weighted by molar-refractivity contribution is -0.157. The number of rotatable bonds is 11. The average Bonchev–Trinajstić information content (AvgIpc) is 3.81. The van der Waals surface area contributed by atoms with Gasteiger partial charge in [-0.05, 0) is 60.2 Å². The molecule has 1 saturated heterocycles. The van der Waals surface area contributed by atoms with Crippen molar-refractivity contribution in [3.05, 3.63) is 82.9 Å². The third-order valence-electron chi connectivity index (χ3n) is 8.44. The van der Waals surface area contributed by atoms with Crippen LogP contribution in [0, 0.1) is 5.92 Å². The molecule has 9 heteroatoms. The highest BCUT2D eigenvalue weighted by Gasteiger charge is 2.45. The Kier molecular flexibility index (Phi) is 9.89. The van der Waals surface area contributed by atoms with Crippen molar-refractivity contribution in [3.8, 4) is 0 Å². The monoisotopic (exact) mass is 616 g/mol. The van der Waals surface area contributed by atoms with Crippen LogP contribution in [0.5, 0.6) is 0 Å². The fourth-order valence-corrected chi connectivity index (χ4v) is 6.22. The van der Waals surface area contributed by atoms with Crippen molar-refractivity contribution >= 4 is 46.0 Å². The molecule has 4 amide bonds. The molecule has 2 unspecified atom stereocenters. The van der Waals surface area contributed by atoms with Gasteiger partial charge < -0.3 is 20.4 Å². The molecule has 1 aliphatic heterocycles. The molecular formula is C35H41ClN4O4. The van der Waals surface area contributed by atoms with Crippen molar-refractivity contribution in [2.24, 2.45) is 5.92 Å². The predicted molar refractivity (Wildman–Crippen MR) is 172 cm³/mol. The summed E-state index contributed by atoms with van der Waals surface area (Å²) in [6.45, 7) is 5.70. The lowest BCUT2D eigenvalue weighted by atomic mass is 9.96. The van der Waals surface area contributed by atoms with Crippen molar-refractivity contribution in [1.29, 1.82) is 0 Å². The van der Waals surface area contributed by atoms with E-state index in [0.29, 0.717) is 23.8 Å². The molecule has 44 heavy (non-hydrogen) atoms. The zero-order chi connectivity index (χ0) is 31.4. The second-order valence-corrected chi connectivity index (χ2v) is 12.8. The molecule has 0 bridgehead atoms. The van der Waals surface area contributed by atoms with Gasteiger partial charge in [-0.3, -0.25) is 19.2 Å². The topological polar surface area (TPSA) is 98.8 Å². The summed E-state index contributed by atoms with van der Waals surface area (Å²) < 4.78 is 0. The number of nitrogens with one attached hydrogen (secondary N) is 2. The SMILES string of the molecule is CC(=O)NC(Cc1ccc(Cl)cc1)C(=O)N1CCN(C(Cc2ccc3ccccc3c2)C(=O)NC(C)C)C(=O)[C@H]1CC1CC1. The van der Waals surface area contributed by atoms with E-state index >= 15 is 0 Å². The van der Waals surface area contributed by atoms with Crippen molar-refractivity contribution in [2.75, 3.05) is 13.1 Å². The van der Waals surface area contributed by atoms with Gasteiger partial charge in [0.25, 0.3) is 0 Å². The van der Waals surface area contributed by atoms with Crippen molar-refractivity contribution in [1.82, 2.24) is 20.4 Å². The number of hydrogen-bond acceptors (Lipinski definition) is 4.